The molecule has 1 aromatic carbocycles. The second-order valence-electron chi connectivity index (χ2n) is 8.33. The molecule has 7 nitrogen and oxygen atoms in total. The fourth-order valence-corrected chi connectivity index (χ4v) is 3.35. The van der Waals surface area contributed by atoms with Gasteiger partial charge in [0, 0.05) is 24.8 Å². The molecule has 1 amide bonds. The largest absolute Gasteiger partial charge is 0.573 e. The van der Waals surface area contributed by atoms with Crippen molar-refractivity contribution >= 4 is 12.4 Å². The van der Waals surface area contributed by atoms with Gasteiger partial charge in [0.05, 0.1) is 17.8 Å². The number of halogens is 3. The van der Waals surface area contributed by atoms with Gasteiger partial charge in [0.15, 0.2) is 6.29 Å². The van der Waals surface area contributed by atoms with Crippen molar-refractivity contribution < 1.29 is 32.2 Å². The minimum Gasteiger partial charge on any atom is -0.444 e. The molecule has 1 saturated heterocycles. The van der Waals surface area contributed by atoms with Gasteiger partial charge in [-0.15, -0.1) is 13.2 Å². The van der Waals surface area contributed by atoms with E-state index in [-0.39, 0.29) is 17.7 Å². The van der Waals surface area contributed by atoms with E-state index >= 15 is 0 Å². The van der Waals surface area contributed by atoms with Gasteiger partial charge in [-0.2, -0.15) is 5.10 Å². The van der Waals surface area contributed by atoms with E-state index in [1.54, 1.807) is 28.0 Å². The molecule has 0 saturated carbocycles. The molecule has 31 heavy (non-hydrogen) atoms. The maximum atomic E-state index is 12.6. The van der Waals surface area contributed by atoms with Crippen molar-refractivity contribution in [2.75, 3.05) is 13.1 Å². The summed E-state index contributed by atoms with van der Waals surface area (Å²) in [5.41, 5.74) is 0.295. The lowest BCUT2D eigenvalue weighted by molar-refractivity contribution is -0.274. The second-order valence-corrected chi connectivity index (χ2v) is 8.33. The Morgan fingerprint density at radius 3 is 2.42 bits per heavy atom. The third-order valence-electron chi connectivity index (χ3n) is 4.79. The fourth-order valence-electron chi connectivity index (χ4n) is 3.35. The summed E-state index contributed by atoms with van der Waals surface area (Å²) in [7, 11) is 0. The summed E-state index contributed by atoms with van der Waals surface area (Å²) in [6.45, 7) is 6.49. The average molecular weight is 439 g/mol. The molecule has 1 aromatic heterocycles. The van der Waals surface area contributed by atoms with Gasteiger partial charge in [-0.3, -0.25) is 9.48 Å². The molecule has 0 N–H and O–H groups in total. The molecule has 10 heteroatoms. The van der Waals surface area contributed by atoms with Crippen LogP contribution in [0.4, 0.5) is 18.0 Å². The smallest absolute Gasteiger partial charge is 0.444 e. The number of amides is 1. The topological polar surface area (TPSA) is 73.7 Å². The molecule has 1 fully saturated rings. The molecule has 1 aliphatic heterocycles. The van der Waals surface area contributed by atoms with Crippen LogP contribution in [0.25, 0.3) is 11.1 Å². The predicted molar refractivity (Wildman–Crippen MR) is 106 cm³/mol. The number of alkyl halides is 3. The highest BCUT2D eigenvalue weighted by Gasteiger charge is 2.32. The molecule has 0 bridgehead atoms. The minimum absolute atomic E-state index is 0.0487. The van der Waals surface area contributed by atoms with Crippen LogP contribution in [0.5, 0.6) is 5.75 Å². The Balaban J connectivity index is 1.69. The van der Waals surface area contributed by atoms with Crippen molar-refractivity contribution in [2.24, 2.45) is 0 Å². The first-order chi connectivity index (χ1) is 14.4. The van der Waals surface area contributed by atoms with Gasteiger partial charge in [0.25, 0.3) is 0 Å². The number of hydrogen-bond donors (Lipinski definition) is 0. The zero-order chi connectivity index (χ0) is 22.8. The molecule has 2 heterocycles. The van der Waals surface area contributed by atoms with Crippen LogP contribution in [0, 0.1) is 0 Å². The minimum atomic E-state index is -4.90. The molecule has 1 aliphatic rings. The molecular formula is C21H24F3N3O4. The summed E-state index contributed by atoms with van der Waals surface area (Å²) in [4.78, 5) is 24.9. The summed E-state index contributed by atoms with van der Waals surface area (Å²) in [5, 5.41) is 4.34. The molecule has 0 radical (unpaired) electrons. The number of aldehydes is 1. The van der Waals surface area contributed by atoms with Crippen LogP contribution in [-0.2, 0) is 4.74 Å². The van der Waals surface area contributed by atoms with Crippen LogP contribution in [0.15, 0.2) is 30.6 Å². The molecule has 2 aromatic rings. The number of hydrogen-bond acceptors (Lipinski definition) is 5. The van der Waals surface area contributed by atoms with Crippen molar-refractivity contribution in [3.63, 3.8) is 0 Å². The Kier molecular flexibility index (Phi) is 6.28. The lowest BCUT2D eigenvalue weighted by Gasteiger charge is -2.33. The maximum absolute atomic E-state index is 12.6. The Bertz CT molecular complexity index is 942. The molecule has 0 aliphatic carbocycles. The number of carbonyl (C=O) groups is 2. The Morgan fingerprint density at radius 1 is 1.16 bits per heavy atom. The molecule has 0 unspecified atom stereocenters. The first kappa shape index (κ1) is 22.6. The van der Waals surface area contributed by atoms with Crippen molar-refractivity contribution in [3.8, 4) is 16.9 Å². The first-order valence-electron chi connectivity index (χ1n) is 9.82. The van der Waals surface area contributed by atoms with Gasteiger partial charge in [-0.1, -0.05) is 6.07 Å². The summed E-state index contributed by atoms with van der Waals surface area (Å²) in [6, 6.07) is 4.04. The average Bonchev–Trinajstić information content (AvgIpc) is 3.15. The molecule has 0 spiro atoms. The predicted octanol–water partition coefficient (Wildman–Crippen LogP) is 4.83. The lowest BCUT2D eigenvalue weighted by atomic mass is 10.0. The van der Waals surface area contributed by atoms with Crippen LogP contribution in [0.1, 0.15) is 50.0 Å². The van der Waals surface area contributed by atoms with Crippen molar-refractivity contribution in [1.82, 2.24) is 14.7 Å². The van der Waals surface area contributed by atoms with Crippen molar-refractivity contribution in [1.29, 1.82) is 0 Å². The van der Waals surface area contributed by atoms with E-state index in [2.05, 4.69) is 9.84 Å². The lowest BCUT2D eigenvalue weighted by Crippen LogP contribution is -2.42. The number of benzene rings is 1. The summed E-state index contributed by atoms with van der Waals surface area (Å²) >= 11 is 0. The van der Waals surface area contributed by atoms with Gasteiger partial charge in [-0.05, 0) is 51.3 Å². The standard InChI is InChI=1S/C21H24F3N3O4/c1-20(2,3)31-19(29)26-8-6-17(7-9-26)27-12-16(11-25-27)14-4-5-15(13-28)18(10-14)30-21(22,23)24/h4-5,10-13,17H,6-9H2,1-3H3. The van der Waals surface area contributed by atoms with Gasteiger partial charge in [0.1, 0.15) is 11.4 Å². The van der Waals surface area contributed by atoms with Crippen LogP contribution in [0.2, 0.25) is 0 Å². The Morgan fingerprint density at radius 2 is 1.84 bits per heavy atom. The first-order valence-corrected chi connectivity index (χ1v) is 9.82. The highest BCUT2D eigenvalue weighted by Crippen LogP contribution is 2.32. The SMILES string of the molecule is CC(C)(C)OC(=O)N1CCC(n2cc(-c3ccc(C=O)c(OC(F)(F)F)c3)cn2)CC1. The fraction of sp³-hybridized carbons (Fsp3) is 0.476. The third kappa shape index (κ3) is 5.99. The van der Waals surface area contributed by atoms with E-state index in [0.717, 1.165) is 0 Å². The number of ether oxygens (including phenoxy) is 2. The molecule has 3 rings (SSSR count). The van der Waals surface area contributed by atoms with Gasteiger partial charge < -0.3 is 14.4 Å². The zero-order valence-electron chi connectivity index (χ0n) is 17.5. The van der Waals surface area contributed by atoms with Crippen LogP contribution in [-0.4, -0.2) is 52.1 Å². The normalized spacial score (nSPS) is 15.6. The van der Waals surface area contributed by atoms with Crippen LogP contribution >= 0.6 is 0 Å². The Labute approximate surface area is 177 Å². The number of rotatable bonds is 4. The van der Waals surface area contributed by atoms with Crippen molar-refractivity contribution in [3.05, 3.63) is 36.2 Å². The second kappa shape index (κ2) is 8.60. The number of carbonyl (C=O) groups excluding carboxylic acids is 2. The zero-order valence-corrected chi connectivity index (χ0v) is 17.5. The summed E-state index contributed by atoms with van der Waals surface area (Å²) < 4.78 is 49.0. The third-order valence-corrected chi connectivity index (χ3v) is 4.79. The van der Waals surface area contributed by atoms with E-state index in [0.29, 0.717) is 43.3 Å². The molecule has 168 valence electrons. The van der Waals surface area contributed by atoms with Gasteiger partial charge in [-0.25, -0.2) is 4.79 Å². The van der Waals surface area contributed by atoms with E-state index in [1.165, 1.54) is 12.1 Å². The van der Waals surface area contributed by atoms with Crippen LogP contribution in [0.3, 0.4) is 0 Å². The van der Waals surface area contributed by atoms with Crippen LogP contribution < -0.4 is 4.74 Å². The van der Waals surface area contributed by atoms with Crippen molar-refractivity contribution in [2.45, 2.75) is 51.6 Å². The number of nitrogens with zero attached hydrogens (tertiary/aromatic N) is 3. The quantitative estimate of drug-likeness (QED) is 0.638. The van der Waals surface area contributed by atoms with Gasteiger partial charge in [0.2, 0.25) is 0 Å². The van der Waals surface area contributed by atoms with E-state index in [9.17, 15) is 22.8 Å². The number of likely N-dealkylation sites (tertiary alicyclic amines) is 1. The summed E-state index contributed by atoms with van der Waals surface area (Å²) in [5.74, 6) is -0.557. The number of aromatic nitrogens is 2. The monoisotopic (exact) mass is 439 g/mol. The molecule has 0 atom stereocenters. The number of piperidine rings is 1. The van der Waals surface area contributed by atoms with E-state index in [4.69, 9.17) is 4.74 Å². The highest BCUT2D eigenvalue weighted by molar-refractivity contribution is 5.81. The highest BCUT2D eigenvalue weighted by atomic mass is 19.4. The van der Waals surface area contributed by atoms with E-state index < -0.39 is 17.7 Å². The summed E-state index contributed by atoms with van der Waals surface area (Å²) in [6.07, 6.45) is -0.302. The maximum Gasteiger partial charge on any atom is 0.573 e. The van der Waals surface area contributed by atoms with E-state index in [1.807, 2.05) is 20.8 Å². The molecular weight excluding hydrogens is 415 g/mol. The van der Waals surface area contributed by atoms with Gasteiger partial charge >= 0.3 is 12.5 Å². The Hall–Kier alpha value is -3.04.